The topological polar surface area (TPSA) is 26.0 Å². The van der Waals surface area contributed by atoms with Crippen molar-refractivity contribution in [3.8, 4) is 0 Å². The van der Waals surface area contributed by atoms with Gasteiger partial charge in [0.1, 0.15) is 0 Å². The molecule has 1 atom stereocenters. The molecule has 0 heterocycles. The van der Waals surface area contributed by atoms with Gasteiger partial charge in [-0.1, -0.05) is 13.8 Å². The first kappa shape index (κ1) is 16.2. The SMILES string of the molecule is CC(C)C[C@H](N)c1c(F)c(F)cc(F)c1F.Cl. The minimum atomic E-state index is -1.42. The van der Waals surface area contributed by atoms with Gasteiger partial charge in [-0.15, -0.1) is 12.4 Å². The Labute approximate surface area is 103 Å². The fraction of sp³-hybridized carbons (Fsp3) is 0.455. The van der Waals surface area contributed by atoms with E-state index >= 15 is 0 Å². The smallest absolute Gasteiger partial charge is 0.166 e. The molecule has 98 valence electrons. The Morgan fingerprint density at radius 1 is 1.06 bits per heavy atom. The molecule has 0 amide bonds. The average molecular weight is 272 g/mol. The lowest BCUT2D eigenvalue weighted by Gasteiger charge is -2.16. The second kappa shape index (κ2) is 6.21. The molecule has 0 aromatic heterocycles. The summed E-state index contributed by atoms with van der Waals surface area (Å²) in [6, 6.07) is -0.874. The highest BCUT2D eigenvalue weighted by molar-refractivity contribution is 5.85. The quantitative estimate of drug-likeness (QED) is 0.658. The third-order valence-electron chi connectivity index (χ3n) is 2.24. The molecule has 0 spiro atoms. The first-order valence-corrected chi connectivity index (χ1v) is 4.93. The van der Waals surface area contributed by atoms with Gasteiger partial charge in [0.2, 0.25) is 0 Å². The van der Waals surface area contributed by atoms with Crippen molar-refractivity contribution in [1.29, 1.82) is 0 Å². The number of rotatable bonds is 3. The molecular weight excluding hydrogens is 258 g/mol. The fourth-order valence-electron chi connectivity index (χ4n) is 1.54. The Hall–Kier alpha value is -0.810. The lowest BCUT2D eigenvalue weighted by molar-refractivity contribution is 0.408. The van der Waals surface area contributed by atoms with Crippen LogP contribution in [0.3, 0.4) is 0 Å². The van der Waals surface area contributed by atoms with Crippen LogP contribution in [0.25, 0.3) is 0 Å². The van der Waals surface area contributed by atoms with Crippen molar-refractivity contribution in [2.45, 2.75) is 26.3 Å². The highest BCUT2D eigenvalue weighted by Crippen LogP contribution is 2.27. The molecule has 1 aromatic carbocycles. The molecular formula is C11H14ClF4N. The minimum absolute atomic E-state index is 0. The molecule has 0 radical (unpaired) electrons. The molecule has 0 unspecified atom stereocenters. The Morgan fingerprint density at radius 2 is 1.47 bits per heavy atom. The van der Waals surface area contributed by atoms with E-state index in [-0.39, 0.29) is 30.8 Å². The third-order valence-corrected chi connectivity index (χ3v) is 2.24. The van der Waals surface area contributed by atoms with Crippen LogP contribution in [0, 0.1) is 29.2 Å². The molecule has 0 saturated carbocycles. The molecule has 0 bridgehead atoms. The second-order valence-electron chi connectivity index (χ2n) is 4.12. The average Bonchev–Trinajstić information content (AvgIpc) is 2.14. The molecule has 2 N–H and O–H groups in total. The van der Waals surface area contributed by atoms with Gasteiger partial charge in [0.25, 0.3) is 0 Å². The van der Waals surface area contributed by atoms with Gasteiger partial charge in [0.05, 0.1) is 0 Å². The van der Waals surface area contributed by atoms with Gasteiger partial charge in [0, 0.05) is 17.7 Å². The third kappa shape index (κ3) is 3.57. The number of hydrogen-bond acceptors (Lipinski definition) is 1. The highest BCUT2D eigenvalue weighted by atomic mass is 35.5. The van der Waals surface area contributed by atoms with Crippen molar-refractivity contribution >= 4 is 12.4 Å². The van der Waals surface area contributed by atoms with E-state index in [1.54, 1.807) is 13.8 Å². The molecule has 0 aliphatic heterocycles. The van der Waals surface area contributed by atoms with Crippen LogP contribution >= 0.6 is 12.4 Å². The summed E-state index contributed by atoms with van der Waals surface area (Å²) in [5.74, 6) is -5.60. The zero-order valence-electron chi connectivity index (χ0n) is 9.44. The number of hydrogen-bond donors (Lipinski definition) is 1. The van der Waals surface area contributed by atoms with Crippen LogP contribution in [0.5, 0.6) is 0 Å². The van der Waals surface area contributed by atoms with Gasteiger partial charge in [-0.3, -0.25) is 0 Å². The van der Waals surface area contributed by atoms with Crippen LogP contribution in [0.2, 0.25) is 0 Å². The summed E-state index contributed by atoms with van der Waals surface area (Å²) in [5.41, 5.74) is 4.81. The van der Waals surface area contributed by atoms with Crippen molar-refractivity contribution in [1.82, 2.24) is 0 Å². The predicted octanol–water partition coefficient (Wildman–Crippen LogP) is 3.71. The van der Waals surface area contributed by atoms with E-state index in [0.29, 0.717) is 0 Å². The first-order valence-electron chi connectivity index (χ1n) is 4.93. The molecule has 0 fully saturated rings. The minimum Gasteiger partial charge on any atom is -0.324 e. The van der Waals surface area contributed by atoms with Crippen molar-refractivity contribution in [3.63, 3.8) is 0 Å². The summed E-state index contributed by atoms with van der Waals surface area (Å²) in [7, 11) is 0. The summed E-state index contributed by atoms with van der Waals surface area (Å²) in [6.45, 7) is 3.59. The van der Waals surface area contributed by atoms with E-state index < -0.39 is 34.9 Å². The summed E-state index contributed by atoms with van der Waals surface area (Å²) in [4.78, 5) is 0. The maximum Gasteiger partial charge on any atom is 0.166 e. The first-order chi connectivity index (χ1) is 7.34. The van der Waals surface area contributed by atoms with Gasteiger partial charge < -0.3 is 5.73 Å². The van der Waals surface area contributed by atoms with E-state index in [4.69, 9.17) is 5.73 Å². The van der Waals surface area contributed by atoms with E-state index in [1.807, 2.05) is 0 Å². The van der Waals surface area contributed by atoms with E-state index in [2.05, 4.69) is 0 Å². The predicted molar refractivity (Wildman–Crippen MR) is 59.9 cm³/mol. The van der Waals surface area contributed by atoms with Crippen LogP contribution < -0.4 is 5.73 Å². The molecule has 1 aromatic rings. The van der Waals surface area contributed by atoms with Crippen LogP contribution in [-0.4, -0.2) is 0 Å². The van der Waals surface area contributed by atoms with E-state index in [0.717, 1.165) is 0 Å². The van der Waals surface area contributed by atoms with E-state index in [9.17, 15) is 17.6 Å². The zero-order valence-corrected chi connectivity index (χ0v) is 10.3. The molecule has 1 rings (SSSR count). The number of nitrogens with two attached hydrogens (primary N) is 1. The molecule has 17 heavy (non-hydrogen) atoms. The summed E-state index contributed by atoms with van der Waals surface area (Å²) in [5, 5.41) is 0. The molecule has 0 aliphatic rings. The Kier molecular flexibility index (Phi) is 5.92. The Bertz CT molecular complexity index is 369. The van der Waals surface area contributed by atoms with Crippen LogP contribution in [0.1, 0.15) is 31.9 Å². The van der Waals surface area contributed by atoms with Crippen molar-refractivity contribution in [3.05, 3.63) is 34.9 Å². The van der Waals surface area contributed by atoms with Crippen LogP contribution in [0.15, 0.2) is 6.07 Å². The van der Waals surface area contributed by atoms with Crippen LogP contribution in [0.4, 0.5) is 17.6 Å². The fourth-order valence-corrected chi connectivity index (χ4v) is 1.54. The standard InChI is InChI=1S/C11H13F4N.ClH/c1-5(2)3-8(16)9-10(14)6(12)4-7(13)11(9)15;/h4-5,8H,3,16H2,1-2H3;1H/t8-;/m0./s1. The van der Waals surface area contributed by atoms with Gasteiger partial charge in [0.15, 0.2) is 23.3 Å². The molecule has 1 nitrogen and oxygen atoms in total. The monoisotopic (exact) mass is 271 g/mol. The maximum atomic E-state index is 13.3. The highest BCUT2D eigenvalue weighted by Gasteiger charge is 2.24. The molecule has 6 heteroatoms. The van der Waals surface area contributed by atoms with Crippen molar-refractivity contribution in [2.24, 2.45) is 11.7 Å². The lowest BCUT2D eigenvalue weighted by Crippen LogP contribution is -2.18. The van der Waals surface area contributed by atoms with Crippen molar-refractivity contribution in [2.75, 3.05) is 0 Å². The second-order valence-corrected chi connectivity index (χ2v) is 4.12. The lowest BCUT2D eigenvalue weighted by atomic mass is 9.96. The summed E-state index contributed by atoms with van der Waals surface area (Å²) < 4.78 is 52.3. The zero-order chi connectivity index (χ0) is 12.5. The van der Waals surface area contributed by atoms with Crippen molar-refractivity contribution < 1.29 is 17.6 Å². The van der Waals surface area contributed by atoms with Gasteiger partial charge in [-0.2, -0.15) is 0 Å². The molecule has 0 aliphatic carbocycles. The Morgan fingerprint density at radius 3 is 1.82 bits per heavy atom. The largest absolute Gasteiger partial charge is 0.324 e. The maximum absolute atomic E-state index is 13.3. The van der Waals surface area contributed by atoms with Gasteiger partial charge in [-0.25, -0.2) is 17.6 Å². The normalized spacial score (nSPS) is 12.5. The van der Waals surface area contributed by atoms with Gasteiger partial charge >= 0.3 is 0 Å². The molecule has 0 saturated heterocycles. The summed E-state index contributed by atoms with van der Waals surface area (Å²) >= 11 is 0. The van der Waals surface area contributed by atoms with Gasteiger partial charge in [-0.05, 0) is 12.3 Å². The Balaban J connectivity index is 0.00000256. The number of benzene rings is 1. The number of halogens is 5. The van der Waals surface area contributed by atoms with E-state index in [1.165, 1.54) is 0 Å². The van der Waals surface area contributed by atoms with Crippen LogP contribution in [-0.2, 0) is 0 Å². The summed E-state index contributed by atoms with van der Waals surface area (Å²) in [6.07, 6.45) is 0.247.